The molecule has 1 saturated heterocycles. The molecule has 2 heterocycles. The number of urea groups is 1. The maximum absolute atomic E-state index is 10.7. The van der Waals surface area contributed by atoms with Crippen LogP contribution in [0.15, 0.2) is 12.4 Å². The van der Waals surface area contributed by atoms with Gasteiger partial charge in [-0.1, -0.05) is 0 Å². The van der Waals surface area contributed by atoms with Crippen LogP contribution in [-0.4, -0.2) is 35.1 Å². The highest BCUT2D eigenvalue weighted by Gasteiger charge is 2.21. The highest BCUT2D eigenvalue weighted by molar-refractivity contribution is 5.72. The summed E-state index contributed by atoms with van der Waals surface area (Å²) in [5, 5.41) is 2.73. The predicted molar refractivity (Wildman–Crippen MR) is 64.7 cm³/mol. The normalized spacial score (nSPS) is 16.9. The second-order valence-corrected chi connectivity index (χ2v) is 4.33. The van der Waals surface area contributed by atoms with E-state index in [9.17, 15) is 4.79 Å². The Morgan fingerprint density at radius 3 is 2.53 bits per heavy atom. The van der Waals surface area contributed by atoms with Gasteiger partial charge in [-0.25, -0.2) is 14.8 Å². The van der Waals surface area contributed by atoms with Crippen LogP contribution < -0.4 is 16.0 Å². The van der Waals surface area contributed by atoms with Crippen molar-refractivity contribution in [3.63, 3.8) is 0 Å². The molecule has 6 heteroatoms. The van der Waals surface area contributed by atoms with Gasteiger partial charge in [0.25, 0.3) is 0 Å². The molecular formula is C11H17N5O. The number of rotatable bonds is 2. The van der Waals surface area contributed by atoms with Gasteiger partial charge in [0.15, 0.2) is 0 Å². The van der Waals surface area contributed by atoms with E-state index in [2.05, 4.69) is 20.2 Å². The van der Waals surface area contributed by atoms with Crippen LogP contribution in [0, 0.1) is 6.92 Å². The number of aryl methyl sites for hydroxylation is 1. The smallest absolute Gasteiger partial charge is 0.312 e. The molecule has 92 valence electrons. The molecule has 0 bridgehead atoms. The molecule has 0 unspecified atom stereocenters. The second-order valence-electron chi connectivity index (χ2n) is 4.33. The van der Waals surface area contributed by atoms with Gasteiger partial charge >= 0.3 is 6.03 Å². The Hall–Kier alpha value is -1.85. The van der Waals surface area contributed by atoms with Crippen molar-refractivity contribution >= 4 is 12.0 Å². The number of nitrogens with two attached hydrogens (primary N) is 1. The van der Waals surface area contributed by atoms with Gasteiger partial charge in [-0.05, 0) is 25.3 Å². The fraction of sp³-hybridized carbons (Fsp3) is 0.545. The minimum absolute atomic E-state index is 0.175. The van der Waals surface area contributed by atoms with E-state index in [1.807, 2.05) is 19.3 Å². The third-order valence-electron chi connectivity index (χ3n) is 2.89. The molecule has 6 nitrogen and oxygen atoms in total. The van der Waals surface area contributed by atoms with E-state index < -0.39 is 6.03 Å². The monoisotopic (exact) mass is 235 g/mol. The molecule has 17 heavy (non-hydrogen) atoms. The lowest BCUT2D eigenvalue weighted by Crippen LogP contribution is -2.46. The fourth-order valence-electron chi connectivity index (χ4n) is 1.97. The quantitative estimate of drug-likeness (QED) is 0.778. The van der Waals surface area contributed by atoms with Crippen LogP contribution in [0.5, 0.6) is 0 Å². The third-order valence-corrected chi connectivity index (χ3v) is 2.89. The molecule has 0 saturated carbocycles. The maximum Gasteiger partial charge on any atom is 0.312 e. The molecule has 1 fully saturated rings. The minimum Gasteiger partial charge on any atom is -0.352 e. The maximum atomic E-state index is 10.7. The zero-order valence-electron chi connectivity index (χ0n) is 9.89. The van der Waals surface area contributed by atoms with Crippen molar-refractivity contribution in [3.05, 3.63) is 18.0 Å². The number of piperidine rings is 1. The van der Waals surface area contributed by atoms with Crippen molar-refractivity contribution in [1.29, 1.82) is 0 Å². The Kier molecular flexibility index (Phi) is 3.41. The molecule has 1 aliphatic heterocycles. The summed E-state index contributed by atoms with van der Waals surface area (Å²) < 4.78 is 0. The van der Waals surface area contributed by atoms with Crippen molar-refractivity contribution < 1.29 is 4.79 Å². The number of aromatic nitrogens is 2. The minimum atomic E-state index is -0.449. The molecule has 1 aromatic heterocycles. The Balaban J connectivity index is 1.90. The van der Waals surface area contributed by atoms with Crippen LogP contribution in [-0.2, 0) is 0 Å². The standard InChI is InChI=1S/C11H17N5O/c1-8-6-13-11(14-7-8)16-4-2-9(3-5-16)15-10(12)17/h6-7,9H,2-5H2,1H3,(H3,12,15,17). The van der Waals surface area contributed by atoms with Gasteiger partial charge in [0, 0.05) is 31.5 Å². The number of nitrogens with one attached hydrogen (secondary N) is 1. The predicted octanol–water partition coefficient (Wildman–Crippen LogP) is 0.422. The van der Waals surface area contributed by atoms with Crippen LogP contribution in [0.4, 0.5) is 10.7 Å². The van der Waals surface area contributed by atoms with E-state index in [-0.39, 0.29) is 6.04 Å². The molecule has 1 aliphatic rings. The average molecular weight is 235 g/mol. The van der Waals surface area contributed by atoms with Crippen molar-refractivity contribution in [2.24, 2.45) is 5.73 Å². The van der Waals surface area contributed by atoms with Gasteiger partial charge in [0.1, 0.15) is 0 Å². The third kappa shape index (κ3) is 3.05. The molecule has 3 N–H and O–H groups in total. The molecule has 0 radical (unpaired) electrons. The summed E-state index contributed by atoms with van der Waals surface area (Å²) in [5.41, 5.74) is 6.15. The highest BCUT2D eigenvalue weighted by Crippen LogP contribution is 2.15. The van der Waals surface area contributed by atoms with E-state index in [1.54, 1.807) is 0 Å². The first-order chi connectivity index (χ1) is 8.15. The van der Waals surface area contributed by atoms with Gasteiger partial charge in [-0.2, -0.15) is 0 Å². The summed E-state index contributed by atoms with van der Waals surface area (Å²) in [5.74, 6) is 0.758. The summed E-state index contributed by atoms with van der Waals surface area (Å²) in [4.78, 5) is 21.4. The number of hydrogen-bond acceptors (Lipinski definition) is 4. The Morgan fingerprint density at radius 1 is 1.41 bits per heavy atom. The van der Waals surface area contributed by atoms with Crippen LogP contribution in [0.25, 0.3) is 0 Å². The molecule has 0 aliphatic carbocycles. The van der Waals surface area contributed by atoms with E-state index in [0.717, 1.165) is 37.4 Å². The molecule has 0 atom stereocenters. The Morgan fingerprint density at radius 2 is 2.00 bits per heavy atom. The van der Waals surface area contributed by atoms with Crippen LogP contribution in [0.3, 0.4) is 0 Å². The summed E-state index contributed by atoms with van der Waals surface area (Å²) in [7, 11) is 0. The zero-order chi connectivity index (χ0) is 12.3. The topological polar surface area (TPSA) is 84.1 Å². The van der Waals surface area contributed by atoms with Gasteiger partial charge in [-0.15, -0.1) is 0 Å². The van der Waals surface area contributed by atoms with Crippen LogP contribution >= 0.6 is 0 Å². The first kappa shape index (κ1) is 11.6. The van der Waals surface area contributed by atoms with Crippen molar-refractivity contribution in [2.45, 2.75) is 25.8 Å². The number of hydrogen-bond donors (Lipinski definition) is 2. The lowest BCUT2D eigenvalue weighted by Gasteiger charge is -2.31. The Bertz CT molecular complexity index is 383. The number of amides is 2. The van der Waals surface area contributed by atoms with Crippen molar-refractivity contribution in [1.82, 2.24) is 15.3 Å². The molecule has 0 spiro atoms. The Labute approximate surface area is 100 Å². The highest BCUT2D eigenvalue weighted by atomic mass is 16.2. The summed E-state index contributed by atoms with van der Waals surface area (Å²) >= 11 is 0. The van der Waals surface area contributed by atoms with E-state index in [0.29, 0.717) is 0 Å². The number of primary amides is 1. The van der Waals surface area contributed by atoms with E-state index in [1.165, 1.54) is 0 Å². The first-order valence-corrected chi connectivity index (χ1v) is 5.74. The number of carbonyl (C=O) groups excluding carboxylic acids is 1. The molecule has 0 aromatic carbocycles. The van der Waals surface area contributed by atoms with Crippen LogP contribution in [0.2, 0.25) is 0 Å². The first-order valence-electron chi connectivity index (χ1n) is 5.74. The largest absolute Gasteiger partial charge is 0.352 e. The molecule has 2 amide bonds. The van der Waals surface area contributed by atoms with Crippen molar-refractivity contribution in [3.8, 4) is 0 Å². The van der Waals surface area contributed by atoms with Gasteiger partial charge in [0.2, 0.25) is 5.95 Å². The summed E-state index contributed by atoms with van der Waals surface area (Å²) in [6.07, 6.45) is 5.38. The molecule has 2 rings (SSSR count). The van der Waals surface area contributed by atoms with E-state index >= 15 is 0 Å². The molecular weight excluding hydrogens is 218 g/mol. The van der Waals surface area contributed by atoms with Gasteiger partial charge < -0.3 is 16.0 Å². The lowest BCUT2D eigenvalue weighted by molar-refractivity contribution is 0.242. The summed E-state index contributed by atoms with van der Waals surface area (Å²) in [6.45, 7) is 3.65. The van der Waals surface area contributed by atoms with Gasteiger partial charge in [-0.3, -0.25) is 0 Å². The lowest BCUT2D eigenvalue weighted by atomic mass is 10.1. The van der Waals surface area contributed by atoms with E-state index in [4.69, 9.17) is 5.73 Å². The van der Waals surface area contributed by atoms with Crippen LogP contribution in [0.1, 0.15) is 18.4 Å². The van der Waals surface area contributed by atoms with Crippen molar-refractivity contribution in [2.75, 3.05) is 18.0 Å². The molecule has 1 aromatic rings. The summed E-state index contributed by atoms with van der Waals surface area (Å²) in [6, 6.07) is -0.274. The fourth-order valence-corrected chi connectivity index (χ4v) is 1.97. The zero-order valence-corrected chi connectivity index (χ0v) is 9.89. The number of carbonyl (C=O) groups is 1. The van der Waals surface area contributed by atoms with Gasteiger partial charge in [0.05, 0.1) is 0 Å². The second kappa shape index (κ2) is 4.99. The average Bonchev–Trinajstić information content (AvgIpc) is 2.30. The SMILES string of the molecule is Cc1cnc(N2CCC(NC(N)=O)CC2)nc1. The number of anilines is 1. The number of nitrogens with zero attached hydrogens (tertiary/aromatic N) is 3.